The molecule has 0 spiro atoms. The maximum atomic E-state index is 12.8. The highest BCUT2D eigenvalue weighted by atomic mass is 16.6. The number of unbranched alkanes of at least 4 members (excludes halogenated alkanes) is 34. The Morgan fingerprint density at radius 1 is 0.312 bits per heavy atom. The van der Waals surface area contributed by atoms with Crippen molar-refractivity contribution < 1.29 is 28.6 Å². The summed E-state index contributed by atoms with van der Waals surface area (Å²) in [5, 5.41) is 0. The van der Waals surface area contributed by atoms with E-state index in [1.54, 1.807) is 0 Å². The summed E-state index contributed by atoms with van der Waals surface area (Å²) in [7, 11) is 0. The van der Waals surface area contributed by atoms with Crippen molar-refractivity contribution in [2.75, 3.05) is 13.2 Å². The Balaban J connectivity index is 4.08. The van der Waals surface area contributed by atoms with Gasteiger partial charge in [0.2, 0.25) is 0 Å². The topological polar surface area (TPSA) is 78.9 Å². The molecule has 0 bridgehead atoms. The molecule has 0 aromatic carbocycles. The van der Waals surface area contributed by atoms with E-state index < -0.39 is 6.10 Å². The number of carbonyl (C=O) groups is 3. The van der Waals surface area contributed by atoms with Crippen LogP contribution >= 0.6 is 0 Å². The third-order valence-electron chi connectivity index (χ3n) is 12.4. The summed E-state index contributed by atoms with van der Waals surface area (Å²) in [5.41, 5.74) is 0. The maximum Gasteiger partial charge on any atom is 0.306 e. The summed E-state index contributed by atoms with van der Waals surface area (Å²) in [6.07, 6.45) is 63.2. The molecule has 0 aliphatic rings. The molecule has 6 heteroatoms. The highest BCUT2D eigenvalue weighted by molar-refractivity contribution is 5.71. The molecule has 0 aliphatic heterocycles. The van der Waals surface area contributed by atoms with Crippen LogP contribution < -0.4 is 0 Å². The van der Waals surface area contributed by atoms with Gasteiger partial charge >= 0.3 is 17.9 Å². The minimum Gasteiger partial charge on any atom is -0.462 e. The third kappa shape index (κ3) is 50.6. The maximum absolute atomic E-state index is 12.8. The van der Waals surface area contributed by atoms with Gasteiger partial charge in [-0.15, -0.1) is 0 Å². The van der Waals surface area contributed by atoms with E-state index >= 15 is 0 Å². The standard InChI is InChI=1S/C58H106O6/c1-4-7-10-13-15-17-19-21-23-25-27-28-29-30-31-33-34-36-38-40-42-45-48-51-57(60)63-54-55(53-62-56(59)50-47-44-12-9-6-3)64-58(61)52-49-46-43-41-39-37-35-32-26-24-22-20-18-16-14-11-8-5-2/h18,20,24-27,55H,4-17,19,21-23,28-54H2,1-3H3/b20-18-,26-24-,27-25-. The SMILES string of the molecule is CCCCCC/C=C\C/C=C\CCCCCCCCCC(=O)OC(COC(=O)CCCCCCC)COC(=O)CCCCCCCCCCCCC/C=C\CCCCCCCCCC. The Morgan fingerprint density at radius 3 is 0.891 bits per heavy atom. The van der Waals surface area contributed by atoms with E-state index in [9.17, 15) is 14.4 Å². The summed E-state index contributed by atoms with van der Waals surface area (Å²) in [5.74, 6) is -0.885. The summed E-state index contributed by atoms with van der Waals surface area (Å²) < 4.78 is 16.7. The molecule has 64 heavy (non-hydrogen) atoms. The Bertz CT molecular complexity index is 1080. The predicted molar refractivity (Wildman–Crippen MR) is 275 cm³/mol. The molecular formula is C58H106O6. The molecule has 0 rings (SSSR count). The smallest absolute Gasteiger partial charge is 0.306 e. The third-order valence-corrected chi connectivity index (χ3v) is 12.4. The van der Waals surface area contributed by atoms with Crippen LogP contribution in [-0.4, -0.2) is 37.2 Å². The molecule has 0 saturated carbocycles. The van der Waals surface area contributed by atoms with Crippen molar-refractivity contribution in [2.24, 2.45) is 0 Å². The van der Waals surface area contributed by atoms with Crippen molar-refractivity contribution in [2.45, 2.75) is 303 Å². The van der Waals surface area contributed by atoms with Crippen LogP contribution in [0.15, 0.2) is 36.5 Å². The average molecular weight is 899 g/mol. The number of rotatable bonds is 51. The van der Waals surface area contributed by atoms with Gasteiger partial charge in [-0.2, -0.15) is 0 Å². The van der Waals surface area contributed by atoms with Gasteiger partial charge in [-0.25, -0.2) is 0 Å². The minimum absolute atomic E-state index is 0.0740. The van der Waals surface area contributed by atoms with Crippen molar-refractivity contribution in [3.63, 3.8) is 0 Å². The molecule has 0 amide bonds. The highest BCUT2D eigenvalue weighted by Crippen LogP contribution is 2.16. The Kier molecular flexibility index (Phi) is 51.3. The van der Waals surface area contributed by atoms with Gasteiger partial charge in [0, 0.05) is 19.3 Å². The summed E-state index contributed by atoms with van der Waals surface area (Å²) in [6.45, 7) is 6.56. The van der Waals surface area contributed by atoms with E-state index in [4.69, 9.17) is 14.2 Å². The lowest BCUT2D eigenvalue weighted by molar-refractivity contribution is -0.167. The van der Waals surface area contributed by atoms with E-state index in [2.05, 4.69) is 57.2 Å². The minimum atomic E-state index is -0.771. The van der Waals surface area contributed by atoms with Gasteiger partial charge in [-0.05, 0) is 77.0 Å². The highest BCUT2D eigenvalue weighted by Gasteiger charge is 2.19. The Hall–Kier alpha value is -2.37. The molecule has 0 aromatic rings. The molecule has 0 saturated heterocycles. The molecule has 0 aliphatic carbocycles. The van der Waals surface area contributed by atoms with Crippen LogP contribution in [0.4, 0.5) is 0 Å². The van der Waals surface area contributed by atoms with Gasteiger partial charge in [-0.3, -0.25) is 14.4 Å². The quantitative estimate of drug-likeness (QED) is 0.0262. The number of ether oxygens (including phenoxy) is 3. The first kappa shape index (κ1) is 61.6. The van der Waals surface area contributed by atoms with Crippen molar-refractivity contribution in [1.82, 2.24) is 0 Å². The molecule has 0 fully saturated rings. The lowest BCUT2D eigenvalue weighted by Gasteiger charge is -2.18. The number of carbonyl (C=O) groups excluding carboxylic acids is 3. The van der Waals surface area contributed by atoms with Crippen LogP contribution in [0.5, 0.6) is 0 Å². The van der Waals surface area contributed by atoms with Gasteiger partial charge in [0.25, 0.3) is 0 Å². The molecule has 6 nitrogen and oxygen atoms in total. The predicted octanol–water partition coefficient (Wildman–Crippen LogP) is 18.5. The van der Waals surface area contributed by atoms with Crippen molar-refractivity contribution in [3.05, 3.63) is 36.5 Å². The molecular weight excluding hydrogens is 793 g/mol. The van der Waals surface area contributed by atoms with Crippen molar-refractivity contribution in [1.29, 1.82) is 0 Å². The summed E-state index contributed by atoms with van der Waals surface area (Å²) >= 11 is 0. The van der Waals surface area contributed by atoms with E-state index in [1.807, 2.05) is 0 Å². The molecule has 1 unspecified atom stereocenters. The Morgan fingerprint density at radius 2 is 0.562 bits per heavy atom. The van der Waals surface area contributed by atoms with Crippen molar-refractivity contribution in [3.8, 4) is 0 Å². The van der Waals surface area contributed by atoms with E-state index in [1.165, 1.54) is 180 Å². The first-order valence-corrected chi connectivity index (χ1v) is 28.0. The fourth-order valence-corrected chi connectivity index (χ4v) is 8.12. The van der Waals surface area contributed by atoms with E-state index in [0.717, 1.165) is 77.0 Å². The van der Waals surface area contributed by atoms with Gasteiger partial charge in [0.1, 0.15) is 13.2 Å². The Labute approximate surface area is 397 Å². The second-order valence-corrected chi connectivity index (χ2v) is 18.8. The van der Waals surface area contributed by atoms with Gasteiger partial charge in [0.15, 0.2) is 6.10 Å². The molecule has 0 heterocycles. The van der Waals surface area contributed by atoms with E-state index in [-0.39, 0.29) is 31.1 Å². The zero-order chi connectivity index (χ0) is 46.5. The van der Waals surface area contributed by atoms with Crippen LogP contribution in [0.1, 0.15) is 297 Å². The fourth-order valence-electron chi connectivity index (χ4n) is 8.12. The average Bonchev–Trinajstić information content (AvgIpc) is 3.29. The van der Waals surface area contributed by atoms with Gasteiger partial charge < -0.3 is 14.2 Å². The first-order valence-electron chi connectivity index (χ1n) is 28.0. The van der Waals surface area contributed by atoms with Crippen LogP contribution in [-0.2, 0) is 28.6 Å². The first-order chi connectivity index (χ1) is 31.5. The van der Waals surface area contributed by atoms with Crippen LogP contribution in [0.25, 0.3) is 0 Å². The lowest BCUT2D eigenvalue weighted by Crippen LogP contribution is -2.30. The number of hydrogen-bond donors (Lipinski definition) is 0. The van der Waals surface area contributed by atoms with Crippen LogP contribution in [0.2, 0.25) is 0 Å². The van der Waals surface area contributed by atoms with E-state index in [0.29, 0.717) is 19.3 Å². The second-order valence-electron chi connectivity index (χ2n) is 18.8. The lowest BCUT2D eigenvalue weighted by atomic mass is 10.0. The second kappa shape index (κ2) is 53.2. The van der Waals surface area contributed by atoms with Crippen LogP contribution in [0.3, 0.4) is 0 Å². The fraction of sp³-hybridized carbons (Fsp3) is 0.845. The number of hydrogen-bond acceptors (Lipinski definition) is 6. The number of esters is 3. The van der Waals surface area contributed by atoms with Gasteiger partial charge in [0.05, 0.1) is 0 Å². The summed E-state index contributed by atoms with van der Waals surface area (Å²) in [6, 6.07) is 0. The van der Waals surface area contributed by atoms with Crippen molar-refractivity contribution >= 4 is 17.9 Å². The zero-order valence-corrected chi connectivity index (χ0v) is 42.8. The molecule has 0 aromatic heterocycles. The summed E-state index contributed by atoms with van der Waals surface area (Å²) in [4.78, 5) is 37.7. The molecule has 374 valence electrons. The zero-order valence-electron chi connectivity index (χ0n) is 42.8. The normalized spacial score (nSPS) is 12.2. The molecule has 0 N–H and O–H groups in total. The number of allylic oxidation sites excluding steroid dienone is 6. The molecule has 0 radical (unpaired) electrons. The molecule has 1 atom stereocenters. The van der Waals surface area contributed by atoms with Gasteiger partial charge in [-0.1, -0.05) is 237 Å². The monoisotopic (exact) mass is 899 g/mol. The largest absolute Gasteiger partial charge is 0.462 e. The van der Waals surface area contributed by atoms with Crippen LogP contribution in [0, 0.1) is 0 Å².